The van der Waals surface area contributed by atoms with Gasteiger partial charge >= 0.3 is 0 Å². The lowest BCUT2D eigenvalue weighted by molar-refractivity contribution is 0.330. The first-order chi connectivity index (χ1) is 18.4. The molecule has 0 bridgehead atoms. The van der Waals surface area contributed by atoms with E-state index in [9.17, 15) is 13.5 Å². The molecule has 5 rings (SSSR count). The Kier molecular flexibility index (Phi) is 6.58. The van der Waals surface area contributed by atoms with Crippen molar-refractivity contribution < 1.29 is 23.0 Å². The highest BCUT2D eigenvalue weighted by molar-refractivity contribution is 7.91. The molecule has 3 aromatic heterocycles. The van der Waals surface area contributed by atoms with E-state index >= 15 is 0 Å². The number of ether oxygens (including phenoxy) is 2. The Morgan fingerprint density at radius 1 is 1.16 bits per heavy atom. The van der Waals surface area contributed by atoms with Gasteiger partial charge in [-0.15, -0.1) is 0 Å². The van der Waals surface area contributed by atoms with Crippen molar-refractivity contribution in [3.05, 3.63) is 72.0 Å². The van der Waals surface area contributed by atoms with Crippen LogP contribution in [0.3, 0.4) is 0 Å². The van der Waals surface area contributed by atoms with Crippen LogP contribution in [0.15, 0.2) is 65.6 Å². The molecule has 14 heteroatoms. The second-order valence-electron chi connectivity index (χ2n) is 7.75. The summed E-state index contributed by atoms with van der Waals surface area (Å²) in [7, 11) is -2.44. The monoisotopic (exact) mass is 532 g/mol. The van der Waals surface area contributed by atoms with Crippen LogP contribution in [-0.2, 0) is 20.5 Å². The molecule has 0 aliphatic carbocycles. The zero-order valence-corrected chi connectivity index (χ0v) is 21.0. The zero-order valence-electron chi connectivity index (χ0n) is 20.2. The maximum atomic E-state index is 12.8. The molecular formula is C24H20N8O5S. The molecule has 0 atom stereocenters. The summed E-state index contributed by atoms with van der Waals surface area (Å²) < 4.78 is 40.4. The molecule has 2 N–H and O–H groups in total. The van der Waals surface area contributed by atoms with E-state index in [2.05, 4.69) is 46.1 Å². The fraction of sp³-hybridized carbons (Fsp3) is 0.167. The number of nitrogens with zero attached hydrogens (tertiary/aromatic N) is 7. The Morgan fingerprint density at radius 2 is 1.97 bits per heavy atom. The normalized spacial score (nSPS) is 12.8. The highest BCUT2D eigenvalue weighted by atomic mass is 32.2. The summed E-state index contributed by atoms with van der Waals surface area (Å²) in [6.45, 7) is 2.21. The molecule has 0 saturated heterocycles. The third-order valence-electron chi connectivity index (χ3n) is 5.14. The van der Waals surface area contributed by atoms with E-state index in [1.165, 1.54) is 48.7 Å². The molecule has 0 amide bonds. The Labute approximate surface area is 216 Å². The summed E-state index contributed by atoms with van der Waals surface area (Å²) in [6.07, 6.45) is 6.89. The van der Waals surface area contributed by atoms with Crippen molar-refractivity contribution in [3.8, 4) is 17.2 Å². The number of fused-ring (bicyclic) bond motifs is 1. The largest absolute Gasteiger partial charge is 0.506 e. The third kappa shape index (κ3) is 4.95. The average Bonchev–Trinajstić information content (AvgIpc) is 3.27. The van der Waals surface area contributed by atoms with E-state index in [1.807, 2.05) is 6.92 Å². The molecule has 192 valence electrons. The third-order valence-corrected chi connectivity index (χ3v) is 6.37. The van der Waals surface area contributed by atoms with Crippen molar-refractivity contribution >= 4 is 38.7 Å². The molecular weight excluding hydrogens is 512 g/mol. The van der Waals surface area contributed by atoms with E-state index in [-0.39, 0.29) is 45.8 Å². The quantitative estimate of drug-likeness (QED) is 0.322. The van der Waals surface area contributed by atoms with Crippen LogP contribution in [0.2, 0.25) is 0 Å². The van der Waals surface area contributed by atoms with Crippen LogP contribution in [0.25, 0.3) is 22.7 Å². The van der Waals surface area contributed by atoms with Gasteiger partial charge in [0.1, 0.15) is 23.5 Å². The Bertz CT molecular complexity index is 1770. The van der Waals surface area contributed by atoms with Crippen LogP contribution in [-0.4, -0.2) is 62.6 Å². The Morgan fingerprint density at radius 3 is 2.74 bits per heavy atom. The summed E-state index contributed by atoms with van der Waals surface area (Å²) in [5.41, 5.74) is 6.83. The summed E-state index contributed by atoms with van der Waals surface area (Å²) in [4.78, 5) is 25.4. The minimum atomic E-state index is -3.89. The van der Waals surface area contributed by atoms with E-state index in [0.29, 0.717) is 23.8 Å². The van der Waals surface area contributed by atoms with E-state index in [1.54, 1.807) is 12.1 Å². The van der Waals surface area contributed by atoms with Crippen molar-refractivity contribution in [1.29, 1.82) is 0 Å². The fourth-order valence-corrected chi connectivity index (χ4v) is 4.73. The number of sulfonamides is 1. The molecule has 0 spiro atoms. The number of aromatic nitrogens is 6. The lowest BCUT2D eigenvalue weighted by atomic mass is 10.2. The average molecular weight is 533 g/mol. The van der Waals surface area contributed by atoms with Crippen LogP contribution in [0, 0.1) is 0 Å². The second-order valence-corrected chi connectivity index (χ2v) is 9.48. The van der Waals surface area contributed by atoms with Gasteiger partial charge in [0.05, 0.1) is 31.7 Å². The summed E-state index contributed by atoms with van der Waals surface area (Å²) in [5, 5.41) is 10.8. The van der Waals surface area contributed by atoms with Gasteiger partial charge in [-0.05, 0) is 24.8 Å². The van der Waals surface area contributed by atoms with Gasteiger partial charge in [0, 0.05) is 18.0 Å². The topological polar surface area (TPSA) is 167 Å². The van der Waals surface area contributed by atoms with Gasteiger partial charge in [-0.2, -0.15) is 0 Å². The number of benzene rings is 1. The number of phenolic OH excluding ortho intramolecular Hbond substituents is 1. The molecule has 4 aromatic rings. The molecule has 0 radical (unpaired) electrons. The number of anilines is 1. The van der Waals surface area contributed by atoms with Gasteiger partial charge in [0.15, 0.2) is 28.6 Å². The van der Waals surface area contributed by atoms with Gasteiger partial charge in [-0.3, -0.25) is 9.29 Å². The van der Waals surface area contributed by atoms with Gasteiger partial charge in [0.25, 0.3) is 0 Å². The van der Waals surface area contributed by atoms with Crippen LogP contribution in [0.4, 0.5) is 5.82 Å². The number of aliphatic imine (C=N–C) groups is 1. The molecule has 4 heterocycles. The highest BCUT2D eigenvalue weighted by Crippen LogP contribution is 2.36. The minimum Gasteiger partial charge on any atom is -0.506 e. The van der Waals surface area contributed by atoms with Crippen molar-refractivity contribution in [3.63, 3.8) is 0 Å². The van der Waals surface area contributed by atoms with Crippen LogP contribution in [0.5, 0.6) is 11.5 Å². The number of methoxy groups -OCH3 is 1. The Balaban J connectivity index is 1.67. The lowest BCUT2D eigenvalue weighted by Crippen LogP contribution is -2.16. The molecule has 1 aromatic carbocycles. The smallest absolute Gasteiger partial charge is 0.238 e. The number of aromatic hydroxyl groups is 1. The number of nitrogens with one attached hydrogen (secondary N) is 1. The van der Waals surface area contributed by atoms with E-state index in [0.717, 1.165) is 0 Å². The standard InChI is InChI=1S/C24H20N8O5S/c1-3-37-20-9-4-6-16(28-20)23-30-22-24(32(23)21-17(33)7-5-8-18(21)36-2)29-19(12-27-22)31-38(34,35)13-15-10-25-14-26-11-15/h5,7-12,14,33H,3,13H2,1-2H3,(H,29,31). The summed E-state index contributed by atoms with van der Waals surface area (Å²) in [6, 6.07) is 4.73. The summed E-state index contributed by atoms with van der Waals surface area (Å²) in [5.74, 6) is 0.203. The molecule has 1 aliphatic rings. The zero-order chi connectivity index (χ0) is 26.7. The van der Waals surface area contributed by atoms with Crippen molar-refractivity contribution in [2.75, 3.05) is 18.4 Å². The molecule has 0 saturated carbocycles. The predicted octanol–water partition coefficient (Wildman–Crippen LogP) is 2.36. The van der Waals surface area contributed by atoms with E-state index < -0.39 is 10.0 Å². The second kappa shape index (κ2) is 10.1. The van der Waals surface area contributed by atoms with Gasteiger partial charge < -0.3 is 14.6 Å². The molecule has 1 aliphatic heterocycles. The first-order valence-corrected chi connectivity index (χ1v) is 12.8. The van der Waals surface area contributed by atoms with Gasteiger partial charge in [0.2, 0.25) is 15.9 Å². The Hall–Kier alpha value is -5.03. The molecule has 0 unspecified atom stereocenters. The first kappa shape index (κ1) is 24.7. The SMILES string of the molecule is CCOC1=NC(c2nc3ncc(NS(=O)(=O)Cc4cncnc4)nc3n2-c2c(O)cccc2OC)=C=C=C1. The van der Waals surface area contributed by atoms with Crippen LogP contribution in [0.1, 0.15) is 18.3 Å². The number of para-hydroxylation sites is 1. The maximum Gasteiger partial charge on any atom is 0.238 e. The number of phenols is 1. The van der Waals surface area contributed by atoms with E-state index in [4.69, 9.17) is 9.47 Å². The minimum absolute atomic E-state index is 0.0667. The van der Waals surface area contributed by atoms with Crippen molar-refractivity contribution in [2.45, 2.75) is 12.7 Å². The fourth-order valence-electron chi connectivity index (χ4n) is 3.66. The van der Waals surface area contributed by atoms with Crippen LogP contribution < -0.4 is 9.46 Å². The number of hydrogen-bond donors (Lipinski definition) is 2. The molecule has 0 fully saturated rings. The van der Waals surface area contributed by atoms with Gasteiger partial charge in [-0.25, -0.2) is 38.3 Å². The maximum absolute atomic E-state index is 12.8. The number of hydrogen-bond acceptors (Lipinski definition) is 11. The lowest BCUT2D eigenvalue weighted by Gasteiger charge is -2.14. The van der Waals surface area contributed by atoms with Crippen molar-refractivity contribution in [2.24, 2.45) is 4.99 Å². The number of imidazole rings is 1. The van der Waals surface area contributed by atoms with Crippen molar-refractivity contribution in [1.82, 2.24) is 29.5 Å². The predicted molar refractivity (Wildman–Crippen MR) is 137 cm³/mol. The van der Waals surface area contributed by atoms with Crippen LogP contribution >= 0.6 is 0 Å². The molecule has 13 nitrogen and oxygen atoms in total. The van der Waals surface area contributed by atoms with Gasteiger partial charge in [-0.1, -0.05) is 11.8 Å². The summed E-state index contributed by atoms with van der Waals surface area (Å²) >= 11 is 0. The number of rotatable bonds is 8. The highest BCUT2D eigenvalue weighted by Gasteiger charge is 2.25. The molecule has 38 heavy (non-hydrogen) atoms. The first-order valence-electron chi connectivity index (χ1n) is 11.2.